The van der Waals surface area contributed by atoms with Gasteiger partial charge in [0.1, 0.15) is 6.10 Å². The molecule has 2 aromatic heterocycles. The van der Waals surface area contributed by atoms with Gasteiger partial charge in [-0.05, 0) is 13.0 Å². The Balaban J connectivity index is 1.42. The Bertz CT molecular complexity index is 656. The quantitative estimate of drug-likeness (QED) is 0.910. The number of carbonyl (C=O) groups excluding carboxylic acids is 1. The lowest BCUT2D eigenvalue weighted by atomic mass is 10.1. The highest BCUT2D eigenvalue weighted by Gasteiger charge is 2.24. The number of likely N-dealkylation sites (tertiary alicyclic amines) is 1. The molecular formula is C16H20N6O2. The summed E-state index contributed by atoms with van der Waals surface area (Å²) in [6, 6.07) is 2.04. The van der Waals surface area contributed by atoms with Crippen LogP contribution in [-0.4, -0.2) is 50.1 Å². The molecule has 8 nitrogen and oxygen atoms in total. The molecule has 0 bridgehead atoms. The average molecular weight is 328 g/mol. The maximum Gasteiger partial charge on any atom is 0.317 e. The van der Waals surface area contributed by atoms with Crippen molar-refractivity contribution >= 4 is 6.03 Å². The summed E-state index contributed by atoms with van der Waals surface area (Å²) in [5, 5.41) is 2.87. The van der Waals surface area contributed by atoms with Crippen LogP contribution in [0.3, 0.4) is 0 Å². The number of hydrogen-bond donors (Lipinski definition) is 1. The van der Waals surface area contributed by atoms with Crippen molar-refractivity contribution < 1.29 is 9.53 Å². The molecule has 126 valence electrons. The second-order valence-corrected chi connectivity index (χ2v) is 5.64. The molecule has 1 aliphatic rings. The number of aromatic nitrogens is 4. The lowest BCUT2D eigenvalue weighted by Gasteiger charge is -2.31. The van der Waals surface area contributed by atoms with Gasteiger partial charge in [-0.1, -0.05) is 0 Å². The largest absolute Gasteiger partial charge is 0.460 e. The standard InChI is InChI=1S/C16H20N6O2/c1-12-9-20-13(10-19-12)11-21-16(23)22-7-3-14(4-8-22)24-15-17-5-2-6-18-15/h2,5-6,9-10,14H,3-4,7-8,11H2,1H3,(H,21,23). The van der Waals surface area contributed by atoms with Gasteiger partial charge >= 0.3 is 12.0 Å². The summed E-state index contributed by atoms with van der Waals surface area (Å²) < 4.78 is 5.72. The van der Waals surface area contributed by atoms with Crippen molar-refractivity contribution in [3.05, 3.63) is 42.2 Å². The van der Waals surface area contributed by atoms with Crippen molar-refractivity contribution in [1.29, 1.82) is 0 Å². The van der Waals surface area contributed by atoms with Crippen LogP contribution in [0.4, 0.5) is 4.79 Å². The monoisotopic (exact) mass is 328 g/mol. The third kappa shape index (κ3) is 4.37. The van der Waals surface area contributed by atoms with Gasteiger partial charge in [-0.15, -0.1) is 0 Å². The zero-order valence-corrected chi connectivity index (χ0v) is 13.6. The molecular weight excluding hydrogens is 308 g/mol. The van der Waals surface area contributed by atoms with Crippen molar-refractivity contribution in [2.45, 2.75) is 32.4 Å². The number of piperidine rings is 1. The van der Waals surface area contributed by atoms with Gasteiger partial charge in [0.15, 0.2) is 0 Å². The van der Waals surface area contributed by atoms with Gasteiger partial charge in [-0.2, -0.15) is 0 Å². The molecule has 0 spiro atoms. The number of urea groups is 1. The zero-order valence-electron chi connectivity index (χ0n) is 13.6. The summed E-state index contributed by atoms with van der Waals surface area (Å²) >= 11 is 0. The molecule has 0 unspecified atom stereocenters. The molecule has 0 aliphatic carbocycles. The van der Waals surface area contributed by atoms with Crippen molar-refractivity contribution in [2.24, 2.45) is 0 Å². The molecule has 3 heterocycles. The van der Waals surface area contributed by atoms with Crippen LogP contribution in [-0.2, 0) is 6.54 Å². The molecule has 24 heavy (non-hydrogen) atoms. The van der Waals surface area contributed by atoms with Crippen molar-refractivity contribution in [3.8, 4) is 6.01 Å². The van der Waals surface area contributed by atoms with Crippen LogP contribution in [0.1, 0.15) is 24.2 Å². The summed E-state index contributed by atoms with van der Waals surface area (Å²) in [4.78, 5) is 30.5. The van der Waals surface area contributed by atoms with Crippen molar-refractivity contribution in [3.63, 3.8) is 0 Å². The molecule has 1 fully saturated rings. The molecule has 2 amide bonds. The van der Waals surface area contributed by atoms with Gasteiger partial charge in [-0.25, -0.2) is 14.8 Å². The van der Waals surface area contributed by atoms with Gasteiger partial charge in [0.2, 0.25) is 0 Å². The lowest BCUT2D eigenvalue weighted by molar-refractivity contribution is 0.103. The number of aryl methyl sites for hydroxylation is 1. The van der Waals surface area contributed by atoms with Crippen LogP contribution in [0.2, 0.25) is 0 Å². The molecule has 1 saturated heterocycles. The van der Waals surface area contributed by atoms with E-state index in [4.69, 9.17) is 4.74 Å². The lowest BCUT2D eigenvalue weighted by Crippen LogP contribution is -2.46. The van der Waals surface area contributed by atoms with Crippen LogP contribution in [0.25, 0.3) is 0 Å². The van der Waals surface area contributed by atoms with E-state index in [-0.39, 0.29) is 12.1 Å². The number of amides is 2. The van der Waals surface area contributed by atoms with E-state index >= 15 is 0 Å². The molecule has 8 heteroatoms. The van der Waals surface area contributed by atoms with Crippen LogP contribution < -0.4 is 10.1 Å². The molecule has 3 rings (SSSR count). The first-order chi connectivity index (χ1) is 11.7. The SMILES string of the molecule is Cc1cnc(CNC(=O)N2CCC(Oc3ncccn3)CC2)cn1. The Morgan fingerprint density at radius 3 is 2.62 bits per heavy atom. The highest BCUT2D eigenvalue weighted by Crippen LogP contribution is 2.15. The summed E-state index contributed by atoms with van der Waals surface area (Å²) in [7, 11) is 0. The summed E-state index contributed by atoms with van der Waals surface area (Å²) in [6.45, 7) is 3.54. The Kier molecular flexibility index (Phi) is 5.15. The normalized spacial score (nSPS) is 15.1. The maximum atomic E-state index is 12.2. The molecule has 1 N–H and O–H groups in total. The second kappa shape index (κ2) is 7.67. The predicted octanol–water partition coefficient (Wildman–Crippen LogP) is 1.33. The number of hydrogen-bond acceptors (Lipinski definition) is 6. The Labute approximate surface area is 140 Å². The fourth-order valence-corrected chi connectivity index (χ4v) is 2.46. The number of nitrogens with zero attached hydrogens (tertiary/aromatic N) is 5. The zero-order chi connectivity index (χ0) is 16.8. The summed E-state index contributed by atoms with van der Waals surface area (Å²) in [6.07, 6.45) is 8.23. The van der Waals surface area contributed by atoms with E-state index in [0.29, 0.717) is 25.6 Å². The predicted molar refractivity (Wildman–Crippen MR) is 86.3 cm³/mol. The Morgan fingerprint density at radius 2 is 1.96 bits per heavy atom. The van der Waals surface area contributed by atoms with Gasteiger partial charge in [0.05, 0.1) is 24.1 Å². The number of rotatable bonds is 4. The van der Waals surface area contributed by atoms with Gasteiger partial charge < -0.3 is 15.0 Å². The minimum atomic E-state index is -0.0909. The van der Waals surface area contributed by atoms with Crippen LogP contribution >= 0.6 is 0 Å². The number of carbonyl (C=O) groups is 1. The van der Waals surface area contributed by atoms with Crippen LogP contribution in [0.5, 0.6) is 6.01 Å². The fourth-order valence-electron chi connectivity index (χ4n) is 2.46. The highest BCUT2D eigenvalue weighted by molar-refractivity contribution is 5.74. The first kappa shape index (κ1) is 16.1. The minimum absolute atomic E-state index is 0.0411. The highest BCUT2D eigenvalue weighted by atomic mass is 16.5. The molecule has 1 aliphatic heterocycles. The molecule has 0 atom stereocenters. The molecule has 0 saturated carbocycles. The maximum absolute atomic E-state index is 12.2. The van der Waals surface area contributed by atoms with Gasteiger partial charge in [-0.3, -0.25) is 9.97 Å². The number of nitrogens with one attached hydrogen (secondary N) is 1. The first-order valence-corrected chi connectivity index (χ1v) is 7.94. The van der Waals surface area contributed by atoms with Crippen molar-refractivity contribution in [1.82, 2.24) is 30.2 Å². The summed E-state index contributed by atoms with van der Waals surface area (Å²) in [5.41, 5.74) is 1.60. The van der Waals surface area contributed by atoms with Crippen LogP contribution in [0, 0.1) is 6.92 Å². The summed E-state index contributed by atoms with van der Waals surface area (Å²) in [5.74, 6) is 0. The van der Waals surface area contributed by atoms with E-state index in [1.807, 2.05) is 6.92 Å². The average Bonchev–Trinajstić information content (AvgIpc) is 2.62. The second-order valence-electron chi connectivity index (χ2n) is 5.64. The van der Waals surface area contributed by atoms with Gasteiger partial charge in [0, 0.05) is 44.5 Å². The van der Waals surface area contributed by atoms with E-state index in [1.165, 1.54) is 0 Å². The van der Waals surface area contributed by atoms with E-state index in [2.05, 4.69) is 25.3 Å². The van der Waals surface area contributed by atoms with Gasteiger partial charge in [0.25, 0.3) is 0 Å². The molecule has 2 aromatic rings. The van der Waals surface area contributed by atoms with Crippen LogP contribution in [0.15, 0.2) is 30.9 Å². The first-order valence-electron chi connectivity index (χ1n) is 7.94. The minimum Gasteiger partial charge on any atom is -0.460 e. The molecule has 0 radical (unpaired) electrons. The Hall–Kier alpha value is -2.77. The van der Waals surface area contributed by atoms with E-state index < -0.39 is 0 Å². The number of ether oxygens (including phenoxy) is 1. The van der Waals surface area contributed by atoms with E-state index in [0.717, 1.165) is 24.2 Å². The smallest absolute Gasteiger partial charge is 0.317 e. The topological polar surface area (TPSA) is 93.1 Å². The Morgan fingerprint density at radius 1 is 1.21 bits per heavy atom. The third-order valence-corrected chi connectivity index (χ3v) is 3.80. The fraction of sp³-hybridized carbons (Fsp3) is 0.438. The molecule has 0 aromatic carbocycles. The van der Waals surface area contributed by atoms with E-state index in [9.17, 15) is 4.79 Å². The van der Waals surface area contributed by atoms with E-state index in [1.54, 1.807) is 35.8 Å². The third-order valence-electron chi connectivity index (χ3n) is 3.80. The van der Waals surface area contributed by atoms with Crippen molar-refractivity contribution in [2.75, 3.05) is 13.1 Å².